The van der Waals surface area contributed by atoms with Crippen molar-refractivity contribution in [3.05, 3.63) is 12.8 Å². The largest absolute Gasteiger partial charge is 0.516 e. The van der Waals surface area contributed by atoms with Crippen LogP contribution in [0.4, 0.5) is 0 Å². The number of unbranched alkanes of at least 4 members (excludes halogenated alkanes) is 15. The van der Waals surface area contributed by atoms with Crippen LogP contribution in [0.2, 0.25) is 0 Å². The highest BCUT2D eigenvalue weighted by atomic mass is 16.2. The van der Waals surface area contributed by atoms with E-state index in [1.165, 1.54) is 96.3 Å². The highest BCUT2D eigenvalue weighted by Gasteiger charge is 1.94. The van der Waals surface area contributed by atoms with Crippen molar-refractivity contribution in [1.29, 1.82) is 0 Å². The highest BCUT2D eigenvalue weighted by Crippen LogP contribution is 2.13. The average Bonchev–Trinajstić information content (AvgIpc) is 2.58. The average molecular weight is 340 g/mol. The van der Waals surface area contributed by atoms with Crippen molar-refractivity contribution in [1.82, 2.24) is 0 Å². The Morgan fingerprint density at radius 3 is 1.33 bits per heavy atom. The first-order valence-electron chi connectivity index (χ1n) is 10.1. The number of hydrogen-bond acceptors (Lipinski definition) is 3. The van der Waals surface area contributed by atoms with Gasteiger partial charge in [0.1, 0.15) is 0 Å². The van der Waals surface area contributed by atoms with Gasteiger partial charge in [0.15, 0.2) is 0 Å². The van der Waals surface area contributed by atoms with Crippen molar-refractivity contribution in [2.24, 2.45) is 4.99 Å². The van der Waals surface area contributed by atoms with Crippen LogP contribution in [0.5, 0.6) is 0 Å². The molecule has 1 N–H and O–H groups in total. The van der Waals surface area contributed by atoms with Crippen molar-refractivity contribution >= 4 is 6.08 Å². The van der Waals surface area contributed by atoms with Gasteiger partial charge in [0.2, 0.25) is 6.08 Å². The summed E-state index contributed by atoms with van der Waals surface area (Å²) >= 11 is 0. The molecule has 0 saturated heterocycles. The first kappa shape index (κ1) is 25.2. The third-order valence-electron chi connectivity index (χ3n) is 4.19. The van der Waals surface area contributed by atoms with E-state index in [-0.39, 0.29) is 0 Å². The molecule has 0 radical (unpaired) electrons. The Morgan fingerprint density at radius 1 is 0.750 bits per heavy atom. The Bertz CT molecular complexity index is 273. The molecule has 0 aromatic carbocycles. The first-order chi connectivity index (χ1) is 11.8. The summed E-state index contributed by atoms with van der Waals surface area (Å²) in [5.41, 5.74) is 0. The van der Waals surface area contributed by atoms with E-state index in [4.69, 9.17) is 5.11 Å². The lowest BCUT2D eigenvalue weighted by molar-refractivity contribution is 0.476. The van der Waals surface area contributed by atoms with E-state index in [0.29, 0.717) is 6.54 Å². The lowest BCUT2D eigenvalue weighted by Gasteiger charge is -2.03. The maximum absolute atomic E-state index is 9.87. The zero-order valence-electron chi connectivity index (χ0n) is 16.1. The molecule has 0 unspecified atom stereocenters. The van der Waals surface area contributed by atoms with Gasteiger partial charge >= 0.3 is 0 Å². The summed E-state index contributed by atoms with van der Waals surface area (Å²) in [5.74, 6) is 0. The number of aliphatic imine (C=N–C) groups is 1. The van der Waals surface area contributed by atoms with Crippen molar-refractivity contribution in [3.63, 3.8) is 0 Å². The number of isocyanates is 1. The molecule has 0 spiro atoms. The van der Waals surface area contributed by atoms with E-state index in [0.717, 1.165) is 12.7 Å². The summed E-state index contributed by atoms with van der Waals surface area (Å²) in [7, 11) is 0. The Hall–Kier alpha value is -1.08. The molecule has 0 aliphatic heterocycles. The molecular formula is C21H41NO2. The normalized spacial score (nSPS) is 9.71. The fourth-order valence-electron chi connectivity index (χ4n) is 2.78. The summed E-state index contributed by atoms with van der Waals surface area (Å²) < 4.78 is 0. The van der Waals surface area contributed by atoms with Gasteiger partial charge in [-0.1, -0.05) is 110 Å². The van der Waals surface area contributed by atoms with Gasteiger partial charge in [0, 0.05) is 0 Å². The third-order valence-corrected chi connectivity index (χ3v) is 4.19. The van der Waals surface area contributed by atoms with Crippen LogP contribution in [0.25, 0.3) is 0 Å². The lowest BCUT2D eigenvalue weighted by atomic mass is 10.0. The van der Waals surface area contributed by atoms with Gasteiger partial charge in [0.05, 0.1) is 12.8 Å². The second-order valence-electron chi connectivity index (χ2n) is 6.46. The molecular weight excluding hydrogens is 298 g/mol. The molecule has 3 nitrogen and oxygen atoms in total. The van der Waals surface area contributed by atoms with E-state index >= 15 is 0 Å². The molecule has 0 bridgehead atoms. The zero-order chi connectivity index (χ0) is 18.1. The van der Waals surface area contributed by atoms with Crippen LogP contribution >= 0.6 is 0 Å². The van der Waals surface area contributed by atoms with Crippen molar-refractivity contribution < 1.29 is 9.90 Å². The van der Waals surface area contributed by atoms with Crippen LogP contribution in [-0.4, -0.2) is 17.7 Å². The predicted octanol–water partition coefficient (Wildman–Crippen LogP) is 7.27. The van der Waals surface area contributed by atoms with Gasteiger partial charge in [-0.3, -0.25) is 0 Å². The van der Waals surface area contributed by atoms with Gasteiger partial charge < -0.3 is 5.11 Å². The Labute approximate surface area is 150 Å². The molecule has 24 heavy (non-hydrogen) atoms. The fraction of sp³-hybridized carbons (Fsp3) is 0.857. The van der Waals surface area contributed by atoms with Gasteiger partial charge in [-0.05, 0) is 6.42 Å². The van der Waals surface area contributed by atoms with Crippen LogP contribution in [0.1, 0.15) is 110 Å². The van der Waals surface area contributed by atoms with Crippen LogP contribution in [0.15, 0.2) is 17.8 Å². The zero-order valence-corrected chi connectivity index (χ0v) is 16.1. The minimum Gasteiger partial charge on any atom is -0.516 e. The molecule has 0 aliphatic rings. The molecule has 0 rings (SSSR count). The van der Waals surface area contributed by atoms with Crippen LogP contribution in [0, 0.1) is 0 Å². The number of aliphatic hydroxyl groups is 1. The predicted molar refractivity (Wildman–Crippen MR) is 105 cm³/mol. The second kappa shape index (κ2) is 26.8. The van der Waals surface area contributed by atoms with Crippen LogP contribution in [-0.2, 0) is 4.79 Å². The molecule has 3 heteroatoms. The van der Waals surface area contributed by atoms with E-state index < -0.39 is 0 Å². The smallest absolute Gasteiger partial charge is 0.234 e. The molecule has 0 fully saturated rings. The molecule has 0 amide bonds. The highest BCUT2D eigenvalue weighted by molar-refractivity contribution is 5.32. The standard InChI is InChI=1S/C19H37NO.C2H4O/c1-2-3-4-5-6-7-8-9-10-11-12-13-14-15-16-17-18-20-19-21;1-2-3/h2-18H2,1H3;2-3H,1H2. The molecule has 0 heterocycles. The molecule has 142 valence electrons. The number of aliphatic hydroxyl groups excluding tert-OH is 1. The van der Waals surface area contributed by atoms with E-state index in [1.54, 1.807) is 6.08 Å². The SMILES string of the molecule is C=CO.CCCCCCCCCCCCCCCCCCN=C=O. The third kappa shape index (κ3) is 29.0. The van der Waals surface area contributed by atoms with Gasteiger partial charge in [-0.25, -0.2) is 9.79 Å². The minimum absolute atomic E-state index is 0.669. The molecule has 0 aromatic rings. The molecule has 0 saturated carbocycles. The Morgan fingerprint density at radius 2 is 1.04 bits per heavy atom. The van der Waals surface area contributed by atoms with Crippen molar-refractivity contribution in [2.75, 3.05) is 6.54 Å². The Balaban J connectivity index is 0. The number of carbonyl (C=O) groups excluding carboxylic acids is 1. The number of hydrogen-bond donors (Lipinski definition) is 1. The van der Waals surface area contributed by atoms with Crippen molar-refractivity contribution in [2.45, 2.75) is 110 Å². The topological polar surface area (TPSA) is 49.7 Å². The number of rotatable bonds is 17. The maximum Gasteiger partial charge on any atom is 0.234 e. The Kier molecular flexibility index (Phi) is 28.1. The fourth-order valence-corrected chi connectivity index (χ4v) is 2.78. The summed E-state index contributed by atoms with van der Waals surface area (Å²) in [6.07, 6.45) is 24.4. The monoisotopic (exact) mass is 339 g/mol. The van der Waals surface area contributed by atoms with Crippen LogP contribution in [0.3, 0.4) is 0 Å². The number of nitrogens with zero attached hydrogens (tertiary/aromatic N) is 1. The summed E-state index contributed by atoms with van der Waals surface area (Å²) in [5, 5.41) is 7.33. The summed E-state index contributed by atoms with van der Waals surface area (Å²) in [6.45, 7) is 5.87. The minimum atomic E-state index is 0.669. The van der Waals surface area contributed by atoms with E-state index in [1.807, 2.05) is 0 Å². The van der Waals surface area contributed by atoms with Gasteiger partial charge in [0.25, 0.3) is 0 Å². The molecule has 0 aliphatic carbocycles. The molecule has 0 atom stereocenters. The van der Waals surface area contributed by atoms with Crippen molar-refractivity contribution in [3.8, 4) is 0 Å². The van der Waals surface area contributed by atoms with Gasteiger partial charge in [-0.2, -0.15) is 0 Å². The quantitative estimate of drug-likeness (QED) is 0.131. The van der Waals surface area contributed by atoms with E-state index in [9.17, 15) is 4.79 Å². The van der Waals surface area contributed by atoms with Gasteiger partial charge in [-0.15, -0.1) is 0 Å². The van der Waals surface area contributed by atoms with Crippen LogP contribution < -0.4 is 0 Å². The summed E-state index contributed by atoms with van der Waals surface area (Å²) in [6, 6.07) is 0. The summed E-state index contributed by atoms with van der Waals surface area (Å²) in [4.78, 5) is 13.4. The maximum atomic E-state index is 9.87. The molecule has 0 aromatic heterocycles. The first-order valence-corrected chi connectivity index (χ1v) is 10.1. The lowest BCUT2D eigenvalue weighted by Crippen LogP contribution is -1.84. The van der Waals surface area contributed by atoms with E-state index in [2.05, 4.69) is 18.5 Å². The second-order valence-corrected chi connectivity index (χ2v) is 6.46.